The quantitative estimate of drug-likeness (QED) is 0.720. The minimum absolute atomic E-state index is 0.741. The van der Waals surface area contributed by atoms with Gasteiger partial charge >= 0.3 is 0 Å². The molecule has 1 heterocycles. The third-order valence-electron chi connectivity index (χ3n) is 3.07. The van der Waals surface area contributed by atoms with E-state index in [1.54, 1.807) is 0 Å². The van der Waals surface area contributed by atoms with Crippen LogP contribution >= 0.6 is 0 Å². The van der Waals surface area contributed by atoms with E-state index in [1.165, 1.54) is 5.69 Å². The van der Waals surface area contributed by atoms with Crippen LogP contribution < -0.4 is 0 Å². The van der Waals surface area contributed by atoms with Crippen molar-refractivity contribution in [3.8, 4) is 0 Å². The van der Waals surface area contributed by atoms with Gasteiger partial charge in [0.15, 0.2) is 0 Å². The standard InChI is InChI=1S/C12H22N2/c1-9(2)12(10(3)4)6-11-7-13-8-14(11)5/h7-10,12H,6H2,1-5H3. The van der Waals surface area contributed by atoms with Crippen LogP contribution in [0.1, 0.15) is 33.4 Å². The zero-order chi connectivity index (χ0) is 10.7. The Hall–Kier alpha value is -0.790. The van der Waals surface area contributed by atoms with Gasteiger partial charge in [-0.1, -0.05) is 27.7 Å². The molecule has 80 valence electrons. The van der Waals surface area contributed by atoms with E-state index in [0.717, 1.165) is 24.2 Å². The normalized spacial score (nSPS) is 12.0. The first kappa shape index (κ1) is 11.3. The Labute approximate surface area is 87.4 Å². The van der Waals surface area contributed by atoms with E-state index in [1.807, 2.05) is 12.5 Å². The first-order valence-corrected chi connectivity index (χ1v) is 5.47. The summed E-state index contributed by atoms with van der Waals surface area (Å²) in [6.45, 7) is 9.23. The molecule has 0 saturated heterocycles. The van der Waals surface area contributed by atoms with E-state index in [0.29, 0.717) is 0 Å². The van der Waals surface area contributed by atoms with E-state index in [-0.39, 0.29) is 0 Å². The molecular weight excluding hydrogens is 172 g/mol. The second-order valence-electron chi connectivity index (χ2n) is 4.85. The van der Waals surface area contributed by atoms with Gasteiger partial charge in [-0.3, -0.25) is 0 Å². The number of aromatic nitrogens is 2. The minimum atomic E-state index is 0.741. The molecule has 1 aromatic rings. The van der Waals surface area contributed by atoms with Gasteiger partial charge in [0.05, 0.1) is 6.33 Å². The summed E-state index contributed by atoms with van der Waals surface area (Å²) in [7, 11) is 2.07. The highest BCUT2D eigenvalue weighted by Gasteiger charge is 2.18. The summed E-state index contributed by atoms with van der Waals surface area (Å²) in [5.74, 6) is 2.24. The number of hydrogen-bond donors (Lipinski definition) is 0. The lowest BCUT2D eigenvalue weighted by Gasteiger charge is -2.24. The number of hydrogen-bond acceptors (Lipinski definition) is 1. The topological polar surface area (TPSA) is 17.8 Å². The smallest absolute Gasteiger partial charge is 0.0945 e. The fourth-order valence-corrected chi connectivity index (χ4v) is 2.06. The average Bonchev–Trinajstić information content (AvgIpc) is 2.46. The molecule has 0 bridgehead atoms. The summed E-state index contributed by atoms with van der Waals surface area (Å²) in [6.07, 6.45) is 5.01. The van der Waals surface area contributed by atoms with Crippen LogP contribution in [0.5, 0.6) is 0 Å². The minimum Gasteiger partial charge on any atom is -0.338 e. The fourth-order valence-electron chi connectivity index (χ4n) is 2.06. The molecule has 14 heavy (non-hydrogen) atoms. The Kier molecular flexibility index (Phi) is 3.73. The first-order valence-electron chi connectivity index (χ1n) is 5.47. The van der Waals surface area contributed by atoms with Crippen LogP contribution in [-0.4, -0.2) is 9.55 Å². The lowest BCUT2D eigenvalue weighted by atomic mass is 9.82. The van der Waals surface area contributed by atoms with Crippen molar-refractivity contribution in [1.29, 1.82) is 0 Å². The first-order chi connectivity index (χ1) is 6.52. The molecule has 0 atom stereocenters. The van der Waals surface area contributed by atoms with Gasteiger partial charge in [0.2, 0.25) is 0 Å². The Morgan fingerprint density at radius 2 is 1.79 bits per heavy atom. The number of rotatable bonds is 4. The predicted octanol–water partition coefficient (Wildman–Crippen LogP) is 2.89. The highest BCUT2D eigenvalue weighted by molar-refractivity contribution is 4.99. The molecule has 2 nitrogen and oxygen atoms in total. The molecule has 0 aromatic carbocycles. The molecule has 0 aliphatic heterocycles. The zero-order valence-electron chi connectivity index (χ0n) is 9.99. The second kappa shape index (κ2) is 4.63. The maximum absolute atomic E-state index is 4.16. The molecule has 0 N–H and O–H groups in total. The summed E-state index contributed by atoms with van der Waals surface area (Å²) < 4.78 is 2.12. The summed E-state index contributed by atoms with van der Waals surface area (Å²) >= 11 is 0. The lowest BCUT2D eigenvalue weighted by molar-refractivity contribution is 0.282. The molecule has 0 spiro atoms. The summed E-state index contributed by atoms with van der Waals surface area (Å²) in [5, 5.41) is 0. The van der Waals surface area contributed by atoms with Crippen molar-refractivity contribution in [1.82, 2.24) is 9.55 Å². The second-order valence-corrected chi connectivity index (χ2v) is 4.85. The molecule has 2 heteroatoms. The van der Waals surface area contributed by atoms with Gasteiger partial charge in [0.25, 0.3) is 0 Å². The molecule has 0 amide bonds. The fraction of sp³-hybridized carbons (Fsp3) is 0.750. The molecule has 1 rings (SSSR count). The van der Waals surface area contributed by atoms with Gasteiger partial charge in [0.1, 0.15) is 0 Å². The van der Waals surface area contributed by atoms with Gasteiger partial charge in [-0.05, 0) is 24.2 Å². The van der Waals surface area contributed by atoms with Crippen molar-refractivity contribution < 1.29 is 0 Å². The molecule has 0 radical (unpaired) electrons. The highest BCUT2D eigenvalue weighted by Crippen LogP contribution is 2.24. The van der Waals surface area contributed by atoms with Crippen molar-refractivity contribution in [2.75, 3.05) is 0 Å². The van der Waals surface area contributed by atoms with Crippen molar-refractivity contribution in [3.63, 3.8) is 0 Å². The number of aryl methyl sites for hydroxylation is 1. The van der Waals surface area contributed by atoms with Crippen molar-refractivity contribution >= 4 is 0 Å². The maximum atomic E-state index is 4.16. The molecule has 0 fully saturated rings. The van der Waals surface area contributed by atoms with E-state index in [9.17, 15) is 0 Å². The molecular formula is C12H22N2. The largest absolute Gasteiger partial charge is 0.338 e. The van der Waals surface area contributed by atoms with Crippen molar-refractivity contribution in [2.45, 2.75) is 34.1 Å². The van der Waals surface area contributed by atoms with Crippen LogP contribution in [0.4, 0.5) is 0 Å². The summed E-state index contributed by atoms with van der Waals surface area (Å²) in [5.41, 5.74) is 1.34. The number of nitrogens with zero attached hydrogens (tertiary/aromatic N) is 2. The summed E-state index contributed by atoms with van der Waals surface area (Å²) in [6, 6.07) is 0. The number of imidazole rings is 1. The van der Waals surface area contributed by atoms with Gasteiger partial charge in [-0.2, -0.15) is 0 Å². The van der Waals surface area contributed by atoms with E-state index in [4.69, 9.17) is 0 Å². The van der Waals surface area contributed by atoms with Crippen LogP contribution in [0.25, 0.3) is 0 Å². The van der Waals surface area contributed by atoms with Crippen LogP contribution in [0.3, 0.4) is 0 Å². The molecule has 0 unspecified atom stereocenters. The van der Waals surface area contributed by atoms with E-state index >= 15 is 0 Å². The lowest BCUT2D eigenvalue weighted by Crippen LogP contribution is -2.19. The third-order valence-corrected chi connectivity index (χ3v) is 3.07. The monoisotopic (exact) mass is 194 g/mol. The maximum Gasteiger partial charge on any atom is 0.0945 e. The Morgan fingerprint density at radius 1 is 1.21 bits per heavy atom. The third kappa shape index (κ3) is 2.60. The van der Waals surface area contributed by atoms with Crippen LogP contribution in [0, 0.1) is 17.8 Å². The molecule has 0 aliphatic rings. The van der Waals surface area contributed by atoms with E-state index < -0.39 is 0 Å². The van der Waals surface area contributed by atoms with Gasteiger partial charge in [-0.15, -0.1) is 0 Å². The van der Waals surface area contributed by atoms with Crippen LogP contribution in [0.2, 0.25) is 0 Å². The Morgan fingerprint density at radius 3 is 2.14 bits per heavy atom. The van der Waals surface area contributed by atoms with Gasteiger partial charge in [0, 0.05) is 18.9 Å². The SMILES string of the molecule is CC(C)C(Cc1cncn1C)C(C)C. The summed E-state index contributed by atoms with van der Waals surface area (Å²) in [4.78, 5) is 4.16. The van der Waals surface area contributed by atoms with Crippen LogP contribution in [-0.2, 0) is 13.5 Å². The van der Waals surface area contributed by atoms with Crippen molar-refractivity contribution in [3.05, 3.63) is 18.2 Å². The molecule has 0 aliphatic carbocycles. The molecule has 1 aromatic heterocycles. The van der Waals surface area contributed by atoms with Gasteiger partial charge < -0.3 is 4.57 Å². The Bertz CT molecular complexity index is 266. The predicted molar refractivity (Wildman–Crippen MR) is 60.1 cm³/mol. The Balaban J connectivity index is 2.70. The average molecular weight is 194 g/mol. The van der Waals surface area contributed by atoms with Gasteiger partial charge in [-0.25, -0.2) is 4.98 Å². The van der Waals surface area contributed by atoms with E-state index in [2.05, 4.69) is 44.3 Å². The van der Waals surface area contributed by atoms with Crippen LogP contribution in [0.15, 0.2) is 12.5 Å². The highest BCUT2D eigenvalue weighted by atomic mass is 15.0. The molecule has 0 saturated carbocycles. The zero-order valence-corrected chi connectivity index (χ0v) is 9.99. The van der Waals surface area contributed by atoms with Crippen molar-refractivity contribution in [2.24, 2.45) is 24.8 Å².